The van der Waals surface area contributed by atoms with Crippen LogP contribution in [0.1, 0.15) is 27.2 Å². The van der Waals surface area contributed by atoms with E-state index in [0.29, 0.717) is 13.0 Å². The highest BCUT2D eigenvalue weighted by Gasteiger charge is 2.17. The highest BCUT2D eigenvalue weighted by Crippen LogP contribution is 2.22. The van der Waals surface area contributed by atoms with Crippen LogP contribution in [0.15, 0.2) is 18.6 Å². The zero-order chi connectivity index (χ0) is 14.5. The molecule has 2 aromatic rings. The van der Waals surface area contributed by atoms with Crippen LogP contribution in [0.3, 0.4) is 0 Å². The number of nitrogens with zero attached hydrogens (tertiary/aromatic N) is 5. The van der Waals surface area contributed by atoms with Gasteiger partial charge >= 0.3 is 0 Å². The minimum atomic E-state index is 0.258. The van der Waals surface area contributed by atoms with Crippen LogP contribution in [0.5, 0.6) is 0 Å². The number of fused-ring (bicyclic) bond motifs is 1. The number of rotatable bonds is 6. The Morgan fingerprint density at radius 1 is 1.50 bits per heavy atom. The van der Waals surface area contributed by atoms with Crippen LogP contribution < -0.4 is 10.2 Å². The van der Waals surface area contributed by atoms with Crippen molar-refractivity contribution in [2.75, 3.05) is 23.3 Å². The Kier molecular flexibility index (Phi) is 4.41. The van der Waals surface area contributed by atoms with Gasteiger partial charge in [-0.2, -0.15) is 5.26 Å². The molecule has 6 nitrogen and oxygen atoms in total. The molecule has 0 fully saturated rings. The largest absolute Gasteiger partial charge is 0.369 e. The molecule has 0 radical (unpaired) electrons. The maximum Gasteiger partial charge on any atom is 0.180 e. The van der Waals surface area contributed by atoms with Crippen LogP contribution in [0, 0.1) is 11.3 Å². The first-order chi connectivity index (χ1) is 9.67. The molecule has 0 aliphatic heterocycles. The smallest absolute Gasteiger partial charge is 0.180 e. The molecule has 0 aliphatic rings. The minimum Gasteiger partial charge on any atom is -0.369 e. The maximum atomic E-state index is 8.83. The Morgan fingerprint density at radius 3 is 2.95 bits per heavy atom. The first-order valence-electron chi connectivity index (χ1n) is 6.88. The molecular weight excluding hydrogens is 252 g/mol. The van der Waals surface area contributed by atoms with Crippen molar-refractivity contribution < 1.29 is 0 Å². The standard InChI is InChI=1S/C14H20N6/c1-4-16-12-10-19-9-7-17-13(19)14(18-12)20(11(2)3)8-5-6-15/h7,9-11,16H,4-5,8H2,1-3H3. The molecule has 0 aliphatic carbocycles. The third-order valence-corrected chi connectivity index (χ3v) is 3.07. The van der Waals surface area contributed by atoms with Crippen LogP contribution in [0.2, 0.25) is 0 Å². The van der Waals surface area contributed by atoms with E-state index in [1.54, 1.807) is 6.20 Å². The van der Waals surface area contributed by atoms with Crippen LogP contribution in [-0.4, -0.2) is 33.5 Å². The molecule has 0 bridgehead atoms. The number of nitriles is 1. The lowest BCUT2D eigenvalue weighted by Gasteiger charge is -2.27. The van der Waals surface area contributed by atoms with Crippen molar-refractivity contribution in [3.63, 3.8) is 0 Å². The van der Waals surface area contributed by atoms with Gasteiger partial charge in [-0.15, -0.1) is 0 Å². The monoisotopic (exact) mass is 272 g/mol. The number of nitrogens with one attached hydrogen (secondary N) is 1. The van der Waals surface area contributed by atoms with Gasteiger partial charge in [0, 0.05) is 31.5 Å². The number of hydrogen-bond donors (Lipinski definition) is 1. The topological polar surface area (TPSA) is 69.2 Å². The summed E-state index contributed by atoms with van der Waals surface area (Å²) in [5, 5.41) is 12.1. The summed E-state index contributed by atoms with van der Waals surface area (Å²) in [6.45, 7) is 7.69. The SMILES string of the molecule is CCNc1cn2ccnc2c(N(CCC#N)C(C)C)n1. The van der Waals surface area contributed by atoms with Gasteiger partial charge < -0.3 is 14.6 Å². The van der Waals surface area contributed by atoms with E-state index in [-0.39, 0.29) is 6.04 Å². The Hall–Kier alpha value is -2.29. The molecular formula is C14H20N6. The molecule has 20 heavy (non-hydrogen) atoms. The molecule has 0 spiro atoms. The van der Waals surface area contributed by atoms with Crippen molar-refractivity contribution in [1.29, 1.82) is 5.26 Å². The minimum absolute atomic E-state index is 0.258. The number of anilines is 2. The normalized spacial score (nSPS) is 10.8. The second kappa shape index (κ2) is 6.24. The van der Waals surface area contributed by atoms with Crippen molar-refractivity contribution >= 4 is 17.3 Å². The molecule has 2 aromatic heterocycles. The first-order valence-corrected chi connectivity index (χ1v) is 6.88. The van der Waals surface area contributed by atoms with Crippen molar-refractivity contribution in [3.8, 4) is 6.07 Å². The summed E-state index contributed by atoms with van der Waals surface area (Å²) in [7, 11) is 0. The van der Waals surface area contributed by atoms with Crippen molar-refractivity contribution in [2.45, 2.75) is 33.2 Å². The quantitative estimate of drug-likeness (QED) is 0.873. The van der Waals surface area contributed by atoms with Crippen LogP contribution in [0.25, 0.3) is 5.65 Å². The fourth-order valence-corrected chi connectivity index (χ4v) is 2.15. The molecule has 2 rings (SSSR count). The summed E-state index contributed by atoms with van der Waals surface area (Å²) < 4.78 is 1.96. The van der Waals surface area contributed by atoms with Crippen molar-refractivity contribution in [3.05, 3.63) is 18.6 Å². The molecule has 0 saturated carbocycles. The fraction of sp³-hybridized carbons (Fsp3) is 0.500. The predicted molar refractivity (Wildman–Crippen MR) is 79.9 cm³/mol. The number of imidazole rings is 1. The van der Waals surface area contributed by atoms with Gasteiger partial charge in [-0.25, -0.2) is 9.97 Å². The van der Waals surface area contributed by atoms with E-state index in [4.69, 9.17) is 5.26 Å². The summed E-state index contributed by atoms with van der Waals surface area (Å²) >= 11 is 0. The van der Waals surface area contributed by atoms with E-state index < -0.39 is 0 Å². The number of aromatic nitrogens is 3. The molecule has 1 N–H and O–H groups in total. The van der Waals surface area contributed by atoms with E-state index >= 15 is 0 Å². The molecule has 0 unspecified atom stereocenters. The summed E-state index contributed by atoms with van der Waals surface area (Å²) in [5.41, 5.74) is 0.818. The molecule has 106 valence electrons. The third kappa shape index (κ3) is 2.82. The lowest BCUT2D eigenvalue weighted by atomic mass is 10.3. The third-order valence-electron chi connectivity index (χ3n) is 3.07. The summed E-state index contributed by atoms with van der Waals surface area (Å²) in [6.07, 6.45) is 6.07. The average Bonchev–Trinajstić information content (AvgIpc) is 2.87. The lowest BCUT2D eigenvalue weighted by Crippen LogP contribution is -2.33. The van der Waals surface area contributed by atoms with Gasteiger partial charge in [-0.3, -0.25) is 0 Å². The first kappa shape index (κ1) is 14.1. The molecule has 0 saturated heterocycles. The molecule has 2 heterocycles. The fourth-order valence-electron chi connectivity index (χ4n) is 2.15. The summed E-state index contributed by atoms with van der Waals surface area (Å²) in [5.74, 6) is 1.63. The lowest BCUT2D eigenvalue weighted by molar-refractivity contribution is 0.677. The van der Waals surface area contributed by atoms with Crippen LogP contribution in [-0.2, 0) is 0 Å². The van der Waals surface area contributed by atoms with Gasteiger partial charge in [0.15, 0.2) is 11.5 Å². The van der Waals surface area contributed by atoms with E-state index in [1.807, 2.05) is 23.7 Å². The van der Waals surface area contributed by atoms with Gasteiger partial charge in [-0.1, -0.05) is 0 Å². The van der Waals surface area contributed by atoms with Crippen molar-refractivity contribution in [1.82, 2.24) is 14.4 Å². The summed E-state index contributed by atoms with van der Waals surface area (Å²) in [4.78, 5) is 11.2. The van der Waals surface area contributed by atoms with Gasteiger partial charge in [-0.05, 0) is 20.8 Å². The zero-order valence-corrected chi connectivity index (χ0v) is 12.2. The predicted octanol–water partition coefficient (Wildman–Crippen LogP) is 2.29. The van der Waals surface area contributed by atoms with E-state index in [9.17, 15) is 0 Å². The molecule has 0 aromatic carbocycles. The maximum absolute atomic E-state index is 8.83. The zero-order valence-electron chi connectivity index (χ0n) is 12.2. The Bertz CT molecular complexity index is 610. The van der Waals surface area contributed by atoms with Gasteiger partial charge in [0.2, 0.25) is 0 Å². The second-order valence-electron chi connectivity index (χ2n) is 4.83. The van der Waals surface area contributed by atoms with Gasteiger partial charge in [0.1, 0.15) is 5.82 Å². The molecule has 0 atom stereocenters. The van der Waals surface area contributed by atoms with E-state index in [1.165, 1.54) is 0 Å². The Labute approximate surface area is 119 Å². The highest BCUT2D eigenvalue weighted by molar-refractivity contribution is 5.67. The van der Waals surface area contributed by atoms with Crippen molar-refractivity contribution in [2.24, 2.45) is 0 Å². The van der Waals surface area contributed by atoms with Crippen LogP contribution in [0.4, 0.5) is 11.6 Å². The van der Waals surface area contributed by atoms with Gasteiger partial charge in [0.25, 0.3) is 0 Å². The Morgan fingerprint density at radius 2 is 2.30 bits per heavy atom. The highest BCUT2D eigenvalue weighted by atomic mass is 15.3. The van der Waals surface area contributed by atoms with Crippen LogP contribution >= 0.6 is 0 Å². The Balaban J connectivity index is 2.48. The van der Waals surface area contributed by atoms with Gasteiger partial charge in [0.05, 0.1) is 18.7 Å². The van der Waals surface area contributed by atoms with E-state index in [2.05, 4.69) is 40.1 Å². The second-order valence-corrected chi connectivity index (χ2v) is 4.83. The van der Waals surface area contributed by atoms with E-state index in [0.717, 1.165) is 23.8 Å². The number of hydrogen-bond acceptors (Lipinski definition) is 5. The average molecular weight is 272 g/mol. The molecule has 0 amide bonds. The summed E-state index contributed by atoms with van der Waals surface area (Å²) in [6, 6.07) is 2.45. The molecule has 6 heteroatoms.